The highest BCUT2D eigenvalue weighted by Gasteiger charge is 2.45. The third kappa shape index (κ3) is 3.74. The number of benzene rings is 1. The number of likely N-dealkylation sites (N-methyl/N-ethyl adjacent to an activating group) is 1. The SMILES string of the molecule is CCN1C(=O)C[C@@H](C(=O)N2CCN(C)CC2)[C@@H]1c1ccc(OC)c(OC)c1. The number of likely N-dealkylation sites (tertiary alicyclic amines) is 1. The molecule has 2 saturated heterocycles. The number of amides is 2. The van der Waals surface area contributed by atoms with E-state index in [0.717, 1.165) is 18.7 Å². The van der Waals surface area contributed by atoms with Gasteiger partial charge in [0, 0.05) is 39.1 Å². The standard InChI is InChI=1S/C20H29N3O4/c1-5-23-18(24)13-15(20(25)22-10-8-21(2)9-11-22)19(23)14-6-7-16(26-3)17(12-14)27-4/h6-7,12,15,19H,5,8-11,13H2,1-4H3/t15-,19+/m1/s1. The second-order valence-electron chi connectivity index (χ2n) is 7.18. The van der Waals surface area contributed by atoms with Crippen molar-refractivity contribution in [3.05, 3.63) is 23.8 Å². The maximum Gasteiger partial charge on any atom is 0.228 e. The van der Waals surface area contributed by atoms with Crippen LogP contribution < -0.4 is 9.47 Å². The summed E-state index contributed by atoms with van der Waals surface area (Å²) < 4.78 is 10.7. The lowest BCUT2D eigenvalue weighted by Gasteiger charge is -2.36. The van der Waals surface area contributed by atoms with E-state index in [2.05, 4.69) is 11.9 Å². The lowest BCUT2D eigenvalue weighted by atomic mass is 9.91. The molecule has 2 heterocycles. The lowest BCUT2D eigenvalue weighted by Crippen LogP contribution is -2.49. The molecule has 0 aliphatic carbocycles. The monoisotopic (exact) mass is 375 g/mol. The number of methoxy groups -OCH3 is 2. The minimum atomic E-state index is -0.362. The predicted molar refractivity (Wildman–Crippen MR) is 102 cm³/mol. The van der Waals surface area contributed by atoms with E-state index in [-0.39, 0.29) is 30.2 Å². The fraction of sp³-hybridized carbons (Fsp3) is 0.600. The largest absolute Gasteiger partial charge is 0.493 e. The van der Waals surface area contributed by atoms with Gasteiger partial charge >= 0.3 is 0 Å². The zero-order valence-corrected chi connectivity index (χ0v) is 16.6. The molecule has 27 heavy (non-hydrogen) atoms. The Morgan fingerprint density at radius 1 is 1.11 bits per heavy atom. The summed E-state index contributed by atoms with van der Waals surface area (Å²) in [6.45, 7) is 5.68. The van der Waals surface area contributed by atoms with Crippen molar-refractivity contribution < 1.29 is 19.1 Å². The van der Waals surface area contributed by atoms with Gasteiger partial charge in [-0.15, -0.1) is 0 Å². The van der Waals surface area contributed by atoms with Gasteiger partial charge in [0.1, 0.15) is 0 Å². The summed E-state index contributed by atoms with van der Waals surface area (Å²) >= 11 is 0. The van der Waals surface area contributed by atoms with Crippen LogP contribution in [0.15, 0.2) is 18.2 Å². The summed E-state index contributed by atoms with van der Waals surface area (Å²) in [6.07, 6.45) is 0.262. The first kappa shape index (κ1) is 19.5. The van der Waals surface area contributed by atoms with E-state index in [1.807, 2.05) is 30.0 Å². The molecule has 2 amide bonds. The van der Waals surface area contributed by atoms with Crippen molar-refractivity contribution >= 4 is 11.8 Å². The first-order chi connectivity index (χ1) is 13.0. The summed E-state index contributed by atoms with van der Waals surface area (Å²) in [4.78, 5) is 31.8. The van der Waals surface area contributed by atoms with Crippen LogP contribution in [0.25, 0.3) is 0 Å². The Labute approximate surface area is 160 Å². The van der Waals surface area contributed by atoms with Gasteiger partial charge in [-0.3, -0.25) is 9.59 Å². The quantitative estimate of drug-likeness (QED) is 0.778. The minimum absolute atomic E-state index is 0.0322. The second kappa shape index (κ2) is 8.17. The average Bonchev–Trinajstić information content (AvgIpc) is 3.03. The Bertz CT molecular complexity index is 700. The summed E-state index contributed by atoms with van der Waals surface area (Å²) in [6, 6.07) is 5.38. The van der Waals surface area contributed by atoms with Crippen molar-refractivity contribution in [2.45, 2.75) is 19.4 Å². The van der Waals surface area contributed by atoms with Crippen LogP contribution in [0.4, 0.5) is 0 Å². The molecule has 7 nitrogen and oxygen atoms in total. The van der Waals surface area contributed by atoms with E-state index in [1.165, 1.54) is 0 Å². The fourth-order valence-corrected chi connectivity index (χ4v) is 4.10. The number of carbonyl (C=O) groups excluding carboxylic acids is 2. The molecule has 0 bridgehead atoms. The highest BCUT2D eigenvalue weighted by Crippen LogP contribution is 2.41. The van der Waals surface area contributed by atoms with Gasteiger partial charge in [0.2, 0.25) is 11.8 Å². The molecule has 0 saturated carbocycles. The van der Waals surface area contributed by atoms with Crippen molar-refractivity contribution in [1.82, 2.24) is 14.7 Å². The van der Waals surface area contributed by atoms with Gasteiger partial charge in [0.25, 0.3) is 0 Å². The Hall–Kier alpha value is -2.28. The molecule has 2 fully saturated rings. The maximum absolute atomic E-state index is 13.2. The Balaban J connectivity index is 1.91. The number of hydrogen-bond donors (Lipinski definition) is 0. The van der Waals surface area contributed by atoms with Gasteiger partial charge in [-0.05, 0) is 31.7 Å². The zero-order chi connectivity index (χ0) is 19.6. The molecule has 0 spiro atoms. The van der Waals surface area contributed by atoms with Crippen LogP contribution in [0.1, 0.15) is 24.9 Å². The molecule has 1 aromatic rings. The third-order valence-corrected chi connectivity index (χ3v) is 5.65. The van der Waals surface area contributed by atoms with Crippen LogP contribution in [0.5, 0.6) is 11.5 Å². The van der Waals surface area contributed by atoms with Gasteiger partial charge < -0.3 is 24.2 Å². The van der Waals surface area contributed by atoms with Gasteiger partial charge in [-0.25, -0.2) is 0 Å². The van der Waals surface area contributed by atoms with Crippen molar-refractivity contribution in [3.8, 4) is 11.5 Å². The molecule has 0 unspecified atom stereocenters. The normalized spacial score (nSPS) is 23.6. The molecule has 2 aliphatic rings. The smallest absolute Gasteiger partial charge is 0.228 e. The molecule has 2 atom stereocenters. The molecular formula is C20H29N3O4. The highest BCUT2D eigenvalue weighted by molar-refractivity contribution is 5.90. The molecule has 0 radical (unpaired) electrons. The van der Waals surface area contributed by atoms with E-state index >= 15 is 0 Å². The van der Waals surface area contributed by atoms with Crippen LogP contribution in [-0.4, -0.2) is 80.5 Å². The molecule has 2 aliphatic heterocycles. The van der Waals surface area contributed by atoms with Crippen LogP contribution in [0.2, 0.25) is 0 Å². The van der Waals surface area contributed by atoms with Crippen molar-refractivity contribution in [3.63, 3.8) is 0 Å². The molecule has 148 valence electrons. The molecule has 0 N–H and O–H groups in total. The van der Waals surface area contributed by atoms with Gasteiger partial charge in [-0.2, -0.15) is 0 Å². The molecular weight excluding hydrogens is 346 g/mol. The number of carbonyl (C=O) groups is 2. The minimum Gasteiger partial charge on any atom is -0.493 e. The first-order valence-electron chi connectivity index (χ1n) is 9.48. The Morgan fingerprint density at radius 2 is 1.78 bits per heavy atom. The van der Waals surface area contributed by atoms with Crippen LogP contribution in [-0.2, 0) is 9.59 Å². The number of hydrogen-bond acceptors (Lipinski definition) is 5. The van der Waals surface area contributed by atoms with E-state index in [0.29, 0.717) is 31.1 Å². The highest BCUT2D eigenvalue weighted by atomic mass is 16.5. The topological polar surface area (TPSA) is 62.3 Å². The molecule has 3 rings (SSSR count). The second-order valence-corrected chi connectivity index (χ2v) is 7.18. The van der Waals surface area contributed by atoms with Crippen LogP contribution in [0, 0.1) is 5.92 Å². The Kier molecular flexibility index (Phi) is 5.89. The number of ether oxygens (including phenoxy) is 2. The summed E-state index contributed by atoms with van der Waals surface area (Å²) in [5.41, 5.74) is 0.910. The first-order valence-corrected chi connectivity index (χ1v) is 9.48. The van der Waals surface area contributed by atoms with Crippen molar-refractivity contribution in [2.24, 2.45) is 5.92 Å². The fourth-order valence-electron chi connectivity index (χ4n) is 4.10. The number of rotatable bonds is 5. The number of piperazine rings is 1. The van der Waals surface area contributed by atoms with Gasteiger partial charge in [-0.1, -0.05) is 6.07 Å². The van der Waals surface area contributed by atoms with E-state index in [9.17, 15) is 9.59 Å². The predicted octanol–water partition coefficient (Wildman–Crippen LogP) is 1.39. The van der Waals surface area contributed by atoms with E-state index in [1.54, 1.807) is 19.1 Å². The lowest BCUT2D eigenvalue weighted by molar-refractivity contribution is -0.138. The van der Waals surface area contributed by atoms with E-state index in [4.69, 9.17) is 9.47 Å². The third-order valence-electron chi connectivity index (χ3n) is 5.65. The summed E-state index contributed by atoms with van der Waals surface area (Å²) in [5, 5.41) is 0. The molecule has 0 aromatic heterocycles. The van der Waals surface area contributed by atoms with Gasteiger partial charge in [0.05, 0.1) is 26.2 Å². The summed E-state index contributed by atoms with van der Waals surface area (Å²) in [7, 11) is 5.24. The Morgan fingerprint density at radius 3 is 2.37 bits per heavy atom. The number of nitrogens with zero attached hydrogens (tertiary/aromatic N) is 3. The van der Waals surface area contributed by atoms with Crippen LogP contribution in [0.3, 0.4) is 0 Å². The van der Waals surface area contributed by atoms with Crippen molar-refractivity contribution in [1.29, 1.82) is 0 Å². The van der Waals surface area contributed by atoms with Crippen LogP contribution >= 0.6 is 0 Å². The van der Waals surface area contributed by atoms with Crippen molar-refractivity contribution in [2.75, 3.05) is 54.0 Å². The molecule has 7 heteroatoms. The molecule has 1 aromatic carbocycles. The maximum atomic E-state index is 13.2. The zero-order valence-electron chi connectivity index (χ0n) is 16.6. The average molecular weight is 375 g/mol. The summed E-state index contributed by atoms with van der Waals surface area (Å²) in [5.74, 6) is 0.989. The van der Waals surface area contributed by atoms with Gasteiger partial charge in [0.15, 0.2) is 11.5 Å². The van der Waals surface area contributed by atoms with E-state index < -0.39 is 0 Å².